The quantitative estimate of drug-likeness (QED) is 0.372. The molecule has 6 heteroatoms. The highest BCUT2D eigenvalue weighted by Crippen LogP contribution is 2.06. The Morgan fingerprint density at radius 1 is 1.21 bits per heavy atom. The number of hydrogen-bond acceptors (Lipinski definition) is 6. The van der Waals surface area contributed by atoms with E-state index in [4.69, 9.17) is 9.62 Å². The Bertz CT molecular complexity index is 589. The van der Waals surface area contributed by atoms with Crippen molar-refractivity contribution >= 4 is 23.4 Å². The zero-order valence-corrected chi connectivity index (χ0v) is 9.85. The number of carbonyl (C=O) groups is 1. The van der Waals surface area contributed by atoms with Gasteiger partial charge in [0.1, 0.15) is 0 Å². The van der Waals surface area contributed by atoms with Crippen molar-refractivity contribution in [3.05, 3.63) is 54.5 Å². The second-order valence-corrected chi connectivity index (χ2v) is 3.53. The molecule has 2 N–H and O–H groups in total. The summed E-state index contributed by atoms with van der Waals surface area (Å²) in [7, 11) is 0. The van der Waals surface area contributed by atoms with Crippen molar-refractivity contribution in [2.75, 3.05) is 5.43 Å². The maximum absolute atomic E-state index is 12.0. The van der Waals surface area contributed by atoms with Gasteiger partial charge < -0.3 is 9.62 Å². The van der Waals surface area contributed by atoms with Crippen LogP contribution in [-0.4, -0.2) is 22.9 Å². The van der Waals surface area contributed by atoms with Gasteiger partial charge in [0.25, 0.3) is 0 Å². The number of Topliss-reactive ketones (excluding diaryl/α,β-unsaturated/α-hetero) is 1. The lowest BCUT2D eigenvalue weighted by molar-refractivity contribution is 0.104. The minimum absolute atomic E-state index is 0.0682. The van der Waals surface area contributed by atoms with Crippen LogP contribution in [0, 0.1) is 0 Å². The lowest BCUT2D eigenvalue weighted by Gasteiger charge is -2.01. The fourth-order valence-electron chi connectivity index (χ4n) is 1.36. The standard InChI is InChI=1S/C13H11N3O3/c17-13(12-7-4-8-19-12)11(9-14-18)16-15-10-5-2-1-3-6-10/h1-9,15,18H/b14-9+,16-11+. The van der Waals surface area contributed by atoms with Gasteiger partial charge in [0.05, 0.1) is 18.2 Å². The molecule has 0 unspecified atom stereocenters. The molecule has 0 aliphatic carbocycles. The number of hydrazone groups is 1. The van der Waals surface area contributed by atoms with Crippen LogP contribution in [0.1, 0.15) is 10.6 Å². The normalized spacial score (nSPS) is 11.7. The number of oxime groups is 1. The van der Waals surface area contributed by atoms with Crippen LogP contribution < -0.4 is 5.43 Å². The first kappa shape index (κ1) is 12.6. The van der Waals surface area contributed by atoms with Crippen LogP contribution in [0.4, 0.5) is 5.69 Å². The van der Waals surface area contributed by atoms with Crippen LogP contribution in [0.2, 0.25) is 0 Å². The number of hydrogen-bond donors (Lipinski definition) is 2. The van der Waals surface area contributed by atoms with Crippen LogP contribution in [0.3, 0.4) is 0 Å². The van der Waals surface area contributed by atoms with E-state index in [2.05, 4.69) is 15.7 Å². The van der Waals surface area contributed by atoms with Gasteiger partial charge in [-0.05, 0) is 24.3 Å². The summed E-state index contributed by atoms with van der Waals surface area (Å²) in [6.07, 6.45) is 2.33. The third-order valence-corrected chi connectivity index (χ3v) is 2.24. The number of nitrogens with zero attached hydrogens (tertiary/aromatic N) is 2. The second-order valence-electron chi connectivity index (χ2n) is 3.53. The van der Waals surface area contributed by atoms with E-state index in [0.29, 0.717) is 5.69 Å². The van der Waals surface area contributed by atoms with Gasteiger partial charge in [-0.25, -0.2) is 0 Å². The van der Waals surface area contributed by atoms with Crippen molar-refractivity contribution < 1.29 is 14.4 Å². The highest BCUT2D eigenvalue weighted by Gasteiger charge is 2.15. The number of para-hydroxylation sites is 1. The summed E-state index contributed by atoms with van der Waals surface area (Å²) < 4.78 is 4.97. The fourth-order valence-corrected chi connectivity index (χ4v) is 1.36. The zero-order chi connectivity index (χ0) is 13.5. The zero-order valence-electron chi connectivity index (χ0n) is 9.85. The summed E-state index contributed by atoms with van der Waals surface area (Å²) in [6, 6.07) is 12.2. The monoisotopic (exact) mass is 257 g/mol. The first-order chi connectivity index (χ1) is 9.31. The van der Waals surface area contributed by atoms with E-state index in [1.54, 1.807) is 18.2 Å². The number of nitrogens with one attached hydrogen (secondary N) is 1. The van der Waals surface area contributed by atoms with Gasteiger partial charge in [-0.1, -0.05) is 23.4 Å². The molecule has 0 aliphatic rings. The second kappa shape index (κ2) is 6.15. The Labute approximate surface area is 109 Å². The number of ketones is 1. The highest BCUT2D eigenvalue weighted by atomic mass is 16.4. The fraction of sp³-hybridized carbons (Fsp3) is 0. The van der Waals surface area contributed by atoms with Gasteiger partial charge in [-0.2, -0.15) is 5.10 Å². The van der Waals surface area contributed by atoms with E-state index >= 15 is 0 Å². The number of furan rings is 1. The number of rotatable bonds is 5. The van der Waals surface area contributed by atoms with Crippen molar-refractivity contribution in [2.45, 2.75) is 0 Å². The van der Waals surface area contributed by atoms with Gasteiger partial charge in [0.15, 0.2) is 11.5 Å². The molecule has 96 valence electrons. The molecule has 19 heavy (non-hydrogen) atoms. The van der Waals surface area contributed by atoms with Crippen LogP contribution >= 0.6 is 0 Å². The third-order valence-electron chi connectivity index (χ3n) is 2.24. The smallest absolute Gasteiger partial charge is 0.249 e. The molecular weight excluding hydrogens is 246 g/mol. The van der Waals surface area contributed by atoms with Crippen LogP contribution in [0.5, 0.6) is 0 Å². The first-order valence-electron chi connectivity index (χ1n) is 5.45. The van der Waals surface area contributed by atoms with Gasteiger partial charge in [0, 0.05) is 0 Å². The van der Waals surface area contributed by atoms with E-state index in [-0.39, 0.29) is 11.5 Å². The van der Waals surface area contributed by atoms with Crippen molar-refractivity contribution in [2.24, 2.45) is 10.3 Å². The summed E-state index contributed by atoms with van der Waals surface area (Å²) in [4.78, 5) is 12.0. The SMILES string of the molecule is O=C(C(/C=N/O)=N/Nc1ccccc1)c1ccco1. The topological polar surface area (TPSA) is 87.2 Å². The minimum atomic E-state index is -0.480. The molecule has 1 aromatic carbocycles. The van der Waals surface area contributed by atoms with Crippen molar-refractivity contribution in [3.63, 3.8) is 0 Å². The molecular formula is C13H11N3O3. The molecule has 1 aromatic heterocycles. The Balaban J connectivity index is 2.18. The van der Waals surface area contributed by atoms with Gasteiger partial charge in [-0.3, -0.25) is 10.2 Å². The van der Waals surface area contributed by atoms with Crippen LogP contribution in [0.15, 0.2) is 63.4 Å². The number of benzene rings is 1. The first-order valence-corrected chi connectivity index (χ1v) is 5.45. The maximum Gasteiger partial charge on any atom is 0.249 e. The van der Waals surface area contributed by atoms with E-state index in [1.165, 1.54) is 12.3 Å². The van der Waals surface area contributed by atoms with Gasteiger partial charge in [-0.15, -0.1) is 0 Å². The molecule has 0 spiro atoms. The van der Waals surface area contributed by atoms with Crippen molar-refractivity contribution in [3.8, 4) is 0 Å². The van der Waals surface area contributed by atoms with E-state index in [9.17, 15) is 4.79 Å². The van der Waals surface area contributed by atoms with Gasteiger partial charge >= 0.3 is 0 Å². The largest absolute Gasteiger partial charge is 0.461 e. The van der Waals surface area contributed by atoms with Crippen molar-refractivity contribution in [1.82, 2.24) is 0 Å². The summed E-state index contributed by atoms with van der Waals surface area (Å²) in [5.41, 5.74) is 3.33. The summed E-state index contributed by atoms with van der Waals surface area (Å²) in [6.45, 7) is 0. The molecule has 2 aromatic rings. The van der Waals surface area contributed by atoms with E-state index in [0.717, 1.165) is 6.21 Å². The Morgan fingerprint density at radius 2 is 2.00 bits per heavy atom. The number of carbonyl (C=O) groups excluding carboxylic acids is 1. The molecule has 0 aliphatic heterocycles. The Hall–Kier alpha value is -2.89. The molecule has 2 rings (SSSR count). The molecule has 0 fully saturated rings. The average molecular weight is 257 g/mol. The summed E-state index contributed by atoms with van der Waals surface area (Å²) in [5, 5.41) is 15.3. The lowest BCUT2D eigenvalue weighted by atomic mass is 10.2. The van der Waals surface area contributed by atoms with Gasteiger partial charge in [0.2, 0.25) is 5.78 Å². The highest BCUT2D eigenvalue weighted by molar-refractivity contribution is 6.64. The molecule has 0 radical (unpaired) electrons. The minimum Gasteiger partial charge on any atom is -0.461 e. The molecule has 0 amide bonds. The molecule has 0 bridgehead atoms. The third kappa shape index (κ3) is 3.29. The molecule has 6 nitrogen and oxygen atoms in total. The predicted octanol–water partition coefficient (Wildman–Crippen LogP) is 2.39. The molecule has 0 saturated carbocycles. The predicted molar refractivity (Wildman–Crippen MR) is 70.8 cm³/mol. The summed E-state index contributed by atoms with van der Waals surface area (Å²) in [5.74, 6) is -0.361. The Morgan fingerprint density at radius 3 is 2.63 bits per heavy atom. The summed E-state index contributed by atoms with van der Waals surface area (Å²) >= 11 is 0. The van der Waals surface area contributed by atoms with Crippen LogP contribution in [-0.2, 0) is 0 Å². The lowest BCUT2D eigenvalue weighted by Crippen LogP contribution is -2.17. The Kier molecular flexibility index (Phi) is 4.07. The molecule has 0 atom stereocenters. The van der Waals surface area contributed by atoms with E-state index < -0.39 is 5.78 Å². The van der Waals surface area contributed by atoms with Crippen LogP contribution in [0.25, 0.3) is 0 Å². The molecule has 1 heterocycles. The average Bonchev–Trinajstić information content (AvgIpc) is 2.98. The number of anilines is 1. The van der Waals surface area contributed by atoms with Crippen molar-refractivity contribution in [1.29, 1.82) is 0 Å². The molecule has 0 saturated heterocycles. The van der Waals surface area contributed by atoms with E-state index in [1.807, 2.05) is 18.2 Å². The maximum atomic E-state index is 12.0.